The van der Waals surface area contributed by atoms with Gasteiger partial charge in [0, 0.05) is 12.0 Å². The minimum absolute atomic E-state index is 0.117. The highest BCUT2D eigenvalue weighted by atomic mass is 16.4. The number of rotatable bonds is 16. The zero-order chi connectivity index (χ0) is 18.9. The highest BCUT2D eigenvalue weighted by Crippen LogP contribution is 2.67. The highest BCUT2D eigenvalue weighted by molar-refractivity contribution is 5.83. The van der Waals surface area contributed by atoms with E-state index in [4.69, 9.17) is 5.11 Å². The average Bonchev–Trinajstić information content (AvgIpc) is 2.53. The second kappa shape index (κ2) is 10.3. The highest BCUT2D eigenvalue weighted by Gasteiger charge is 2.72. The van der Waals surface area contributed by atoms with Crippen molar-refractivity contribution in [2.75, 3.05) is 0 Å². The van der Waals surface area contributed by atoms with Crippen LogP contribution in [0.25, 0.3) is 0 Å². The van der Waals surface area contributed by atoms with Crippen LogP contribution in [0.4, 0.5) is 0 Å². The molecule has 150 valence electrons. The fraction of sp³-hybridized carbons (Fsp3) is 0.909. The van der Waals surface area contributed by atoms with E-state index in [0.29, 0.717) is 25.7 Å². The van der Waals surface area contributed by atoms with E-state index in [0.717, 1.165) is 12.8 Å². The van der Waals surface area contributed by atoms with Gasteiger partial charge in [0.05, 0.1) is 5.41 Å². The summed E-state index contributed by atoms with van der Waals surface area (Å²) in [6.07, 6.45) is 19.6. The van der Waals surface area contributed by atoms with Gasteiger partial charge in [0.2, 0.25) is 5.91 Å². The Labute approximate surface area is 159 Å². The number of unbranched alkanes of at least 4 members (excludes halogenated alkanes) is 12. The Kier molecular flexibility index (Phi) is 8.43. The number of hydrogen-bond donors (Lipinski definition) is 2. The fourth-order valence-electron chi connectivity index (χ4n) is 4.81. The van der Waals surface area contributed by atoms with E-state index in [2.05, 4.69) is 12.2 Å². The molecule has 0 atom stereocenters. The minimum atomic E-state index is -0.690. The van der Waals surface area contributed by atoms with Crippen molar-refractivity contribution in [2.24, 2.45) is 5.41 Å². The van der Waals surface area contributed by atoms with E-state index in [-0.39, 0.29) is 11.4 Å². The van der Waals surface area contributed by atoms with Gasteiger partial charge in [-0.2, -0.15) is 0 Å². The van der Waals surface area contributed by atoms with Gasteiger partial charge in [0.1, 0.15) is 0 Å². The van der Waals surface area contributed by atoms with Crippen LogP contribution in [-0.4, -0.2) is 22.5 Å². The molecule has 0 aromatic carbocycles. The van der Waals surface area contributed by atoms with Crippen LogP contribution in [0.2, 0.25) is 0 Å². The summed E-state index contributed by atoms with van der Waals surface area (Å²) in [5, 5.41) is 12.2. The molecule has 0 saturated heterocycles. The van der Waals surface area contributed by atoms with Gasteiger partial charge in [-0.15, -0.1) is 0 Å². The molecule has 3 saturated carbocycles. The molecular weight excluding hydrogens is 326 g/mol. The van der Waals surface area contributed by atoms with Gasteiger partial charge in [-0.1, -0.05) is 84.0 Å². The second-order valence-corrected chi connectivity index (χ2v) is 8.94. The maximum Gasteiger partial charge on any atom is 0.309 e. The van der Waals surface area contributed by atoms with Crippen LogP contribution in [0.5, 0.6) is 0 Å². The molecule has 2 N–H and O–H groups in total. The fourth-order valence-corrected chi connectivity index (χ4v) is 4.81. The van der Waals surface area contributed by atoms with Gasteiger partial charge in [0.15, 0.2) is 0 Å². The van der Waals surface area contributed by atoms with Crippen LogP contribution in [0.1, 0.15) is 116 Å². The van der Waals surface area contributed by atoms with Crippen molar-refractivity contribution >= 4 is 11.9 Å². The molecule has 0 aromatic rings. The summed E-state index contributed by atoms with van der Waals surface area (Å²) in [5.74, 6) is -0.572. The third-order valence-electron chi connectivity index (χ3n) is 6.40. The van der Waals surface area contributed by atoms with Gasteiger partial charge in [0.25, 0.3) is 0 Å². The molecule has 4 heteroatoms. The SMILES string of the molecule is CCCCCCCCCCCCCCCC(=O)NC12CC(C(=O)O)(C1)C2. The molecule has 0 heterocycles. The Hall–Kier alpha value is -1.06. The lowest BCUT2D eigenvalue weighted by atomic mass is 9.39. The molecule has 0 unspecified atom stereocenters. The smallest absolute Gasteiger partial charge is 0.309 e. The minimum Gasteiger partial charge on any atom is -0.481 e. The van der Waals surface area contributed by atoms with Gasteiger partial charge in [-0.3, -0.25) is 9.59 Å². The first kappa shape index (κ1) is 21.2. The molecule has 0 aliphatic heterocycles. The largest absolute Gasteiger partial charge is 0.481 e. The molecule has 26 heavy (non-hydrogen) atoms. The Balaban J connectivity index is 1.33. The summed E-state index contributed by atoms with van der Waals surface area (Å²) in [7, 11) is 0. The number of aliphatic carboxylic acids is 1. The van der Waals surface area contributed by atoms with Crippen molar-refractivity contribution in [1.82, 2.24) is 5.32 Å². The molecule has 4 nitrogen and oxygen atoms in total. The molecular formula is C22H39NO3. The van der Waals surface area contributed by atoms with Crippen molar-refractivity contribution in [3.05, 3.63) is 0 Å². The lowest BCUT2D eigenvalue weighted by Crippen LogP contribution is -2.77. The predicted molar refractivity (Wildman–Crippen MR) is 105 cm³/mol. The van der Waals surface area contributed by atoms with E-state index in [1.165, 1.54) is 70.6 Å². The van der Waals surface area contributed by atoms with Crippen molar-refractivity contribution < 1.29 is 14.7 Å². The van der Waals surface area contributed by atoms with Crippen LogP contribution < -0.4 is 5.32 Å². The monoisotopic (exact) mass is 365 g/mol. The molecule has 3 rings (SSSR count). The van der Waals surface area contributed by atoms with Gasteiger partial charge in [-0.05, 0) is 25.7 Å². The lowest BCUT2D eigenvalue weighted by Gasteiger charge is -2.67. The Bertz CT molecular complexity index is 441. The number of carboxylic acid groups (broad SMARTS) is 1. The molecule has 3 fully saturated rings. The third-order valence-corrected chi connectivity index (χ3v) is 6.40. The normalized spacial score (nSPS) is 26.0. The number of hydrogen-bond acceptors (Lipinski definition) is 2. The Morgan fingerprint density at radius 3 is 1.62 bits per heavy atom. The average molecular weight is 366 g/mol. The topological polar surface area (TPSA) is 66.4 Å². The summed E-state index contributed by atoms with van der Waals surface area (Å²) in [6.45, 7) is 2.26. The molecule has 0 spiro atoms. The standard InChI is InChI=1S/C22H39NO3/c1-2-3-4-5-6-7-8-9-10-11-12-13-14-15-19(24)23-22-16-21(17-22,18-22)20(25)26/h2-18H2,1H3,(H,23,24)(H,25,26). The first-order chi connectivity index (χ1) is 12.5. The van der Waals surface area contributed by atoms with Gasteiger partial charge in [-0.25, -0.2) is 0 Å². The molecule has 0 radical (unpaired) electrons. The van der Waals surface area contributed by atoms with E-state index >= 15 is 0 Å². The second-order valence-electron chi connectivity index (χ2n) is 8.94. The van der Waals surface area contributed by atoms with Crippen molar-refractivity contribution in [2.45, 2.75) is 122 Å². The molecule has 0 aromatic heterocycles. The van der Waals surface area contributed by atoms with Crippen molar-refractivity contribution in [3.8, 4) is 0 Å². The maximum absolute atomic E-state index is 12.0. The van der Waals surface area contributed by atoms with Crippen molar-refractivity contribution in [1.29, 1.82) is 0 Å². The first-order valence-electron chi connectivity index (χ1n) is 11.1. The summed E-state index contributed by atoms with van der Waals surface area (Å²) in [4.78, 5) is 23.1. The van der Waals surface area contributed by atoms with Gasteiger partial charge < -0.3 is 10.4 Å². The van der Waals surface area contributed by atoms with E-state index in [1.54, 1.807) is 0 Å². The van der Waals surface area contributed by atoms with Crippen LogP contribution in [0.3, 0.4) is 0 Å². The zero-order valence-electron chi connectivity index (χ0n) is 16.8. The summed E-state index contributed by atoms with van der Waals surface area (Å²) in [5.41, 5.74) is -0.658. The quantitative estimate of drug-likeness (QED) is 0.350. The van der Waals surface area contributed by atoms with Crippen LogP contribution in [0.15, 0.2) is 0 Å². The molecule has 3 aliphatic rings. The van der Waals surface area contributed by atoms with Gasteiger partial charge >= 0.3 is 5.97 Å². The van der Waals surface area contributed by atoms with E-state index in [9.17, 15) is 9.59 Å². The van der Waals surface area contributed by atoms with E-state index in [1.807, 2.05) is 0 Å². The summed E-state index contributed by atoms with van der Waals surface area (Å²) >= 11 is 0. The molecule has 1 amide bonds. The number of amides is 1. The number of carbonyl (C=O) groups excluding carboxylic acids is 1. The van der Waals surface area contributed by atoms with E-state index < -0.39 is 11.4 Å². The first-order valence-corrected chi connectivity index (χ1v) is 11.1. The predicted octanol–water partition coefficient (Wildman–Crippen LogP) is 5.59. The Morgan fingerprint density at radius 2 is 1.19 bits per heavy atom. The Morgan fingerprint density at radius 1 is 0.769 bits per heavy atom. The zero-order valence-corrected chi connectivity index (χ0v) is 16.8. The van der Waals surface area contributed by atoms with Crippen LogP contribution in [-0.2, 0) is 9.59 Å². The summed E-state index contributed by atoms with van der Waals surface area (Å²) < 4.78 is 0. The lowest BCUT2D eigenvalue weighted by molar-refractivity contribution is -0.199. The maximum atomic E-state index is 12.0. The van der Waals surface area contributed by atoms with Crippen molar-refractivity contribution in [3.63, 3.8) is 0 Å². The van der Waals surface area contributed by atoms with Crippen LogP contribution >= 0.6 is 0 Å². The number of nitrogens with one attached hydrogen (secondary N) is 1. The van der Waals surface area contributed by atoms with Crippen LogP contribution in [0, 0.1) is 5.41 Å². The number of carbonyl (C=O) groups is 2. The molecule has 3 aliphatic carbocycles. The summed E-state index contributed by atoms with van der Waals surface area (Å²) in [6, 6.07) is 0. The molecule has 2 bridgehead atoms. The number of carboxylic acids is 1. The third kappa shape index (κ3) is 5.99.